The zero-order valence-electron chi connectivity index (χ0n) is 9.76. The highest BCUT2D eigenvalue weighted by atomic mass is 16.6. The Morgan fingerprint density at radius 1 is 1.59 bits per heavy atom. The van der Waals surface area contributed by atoms with Gasteiger partial charge in [-0.15, -0.1) is 0 Å². The van der Waals surface area contributed by atoms with Gasteiger partial charge in [-0.3, -0.25) is 4.68 Å². The largest absolute Gasteiger partial charge is 0.446 e. The number of nitrogens with zero attached hydrogens (tertiary/aromatic N) is 2. The Morgan fingerprint density at radius 3 is 3.00 bits per heavy atom. The first-order valence-electron chi connectivity index (χ1n) is 5.96. The molecule has 0 radical (unpaired) electrons. The molecule has 0 unspecified atom stereocenters. The summed E-state index contributed by atoms with van der Waals surface area (Å²) in [6.45, 7) is 1.09. The molecule has 0 aromatic carbocycles. The average Bonchev–Trinajstić information content (AvgIpc) is 2.90. The van der Waals surface area contributed by atoms with Crippen LogP contribution in [-0.4, -0.2) is 28.5 Å². The number of carbonyl (C=O) groups excluding carboxylic acids is 1. The van der Waals surface area contributed by atoms with Gasteiger partial charge in [-0.25, -0.2) is 4.79 Å². The molecule has 94 valence electrons. The fraction of sp³-hybridized carbons (Fsp3) is 0.636. The lowest BCUT2D eigenvalue weighted by atomic mass is 10.3. The van der Waals surface area contributed by atoms with Crippen LogP contribution in [-0.2, 0) is 11.3 Å². The van der Waals surface area contributed by atoms with E-state index in [1.54, 1.807) is 17.1 Å². The number of aromatic nitrogens is 2. The lowest BCUT2D eigenvalue weighted by molar-refractivity contribution is 0.101. The third kappa shape index (κ3) is 3.65. The van der Waals surface area contributed by atoms with Crippen LogP contribution >= 0.6 is 0 Å². The van der Waals surface area contributed by atoms with Gasteiger partial charge in [0.25, 0.3) is 0 Å². The fourth-order valence-electron chi connectivity index (χ4n) is 1.97. The van der Waals surface area contributed by atoms with Gasteiger partial charge in [-0.1, -0.05) is 0 Å². The number of hydrogen-bond donors (Lipinski definition) is 2. The van der Waals surface area contributed by atoms with Crippen molar-refractivity contribution in [2.75, 3.05) is 12.3 Å². The van der Waals surface area contributed by atoms with Gasteiger partial charge in [0, 0.05) is 12.7 Å². The summed E-state index contributed by atoms with van der Waals surface area (Å²) in [5.41, 5.74) is 6.15. The topological polar surface area (TPSA) is 82.2 Å². The van der Waals surface area contributed by atoms with Crippen LogP contribution in [0.3, 0.4) is 0 Å². The molecule has 1 aliphatic rings. The summed E-state index contributed by atoms with van der Waals surface area (Å²) >= 11 is 0. The van der Waals surface area contributed by atoms with E-state index < -0.39 is 0 Å². The Morgan fingerprint density at radius 2 is 2.35 bits per heavy atom. The van der Waals surface area contributed by atoms with Gasteiger partial charge in [0.2, 0.25) is 0 Å². The van der Waals surface area contributed by atoms with E-state index in [-0.39, 0.29) is 12.2 Å². The maximum Gasteiger partial charge on any atom is 0.407 e. The van der Waals surface area contributed by atoms with Crippen LogP contribution in [0.4, 0.5) is 10.5 Å². The van der Waals surface area contributed by atoms with Gasteiger partial charge in [0.1, 0.15) is 6.10 Å². The summed E-state index contributed by atoms with van der Waals surface area (Å²) in [6.07, 6.45) is 7.37. The van der Waals surface area contributed by atoms with Gasteiger partial charge in [0.15, 0.2) is 0 Å². The first-order valence-corrected chi connectivity index (χ1v) is 5.96. The SMILES string of the molecule is Nc1cnn(CCNC(=O)OC2CCCC2)c1. The first kappa shape index (κ1) is 11.8. The van der Waals surface area contributed by atoms with Crippen LogP contribution in [0.2, 0.25) is 0 Å². The zero-order valence-corrected chi connectivity index (χ0v) is 9.76. The summed E-state index contributed by atoms with van der Waals surface area (Å²) in [5.74, 6) is 0. The van der Waals surface area contributed by atoms with E-state index in [0.717, 1.165) is 25.7 Å². The second-order valence-corrected chi connectivity index (χ2v) is 4.28. The predicted octanol–water partition coefficient (Wildman–Crippen LogP) is 1.13. The molecule has 1 aliphatic carbocycles. The number of nitrogens with one attached hydrogen (secondary N) is 1. The molecule has 0 saturated heterocycles. The van der Waals surface area contributed by atoms with Crippen LogP contribution < -0.4 is 11.1 Å². The number of amides is 1. The number of ether oxygens (including phenoxy) is 1. The Bertz CT molecular complexity index is 371. The van der Waals surface area contributed by atoms with Crippen molar-refractivity contribution in [2.45, 2.75) is 38.3 Å². The second kappa shape index (κ2) is 5.56. The molecule has 0 bridgehead atoms. The van der Waals surface area contributed by atoms with Crippen LogP contribution in [0.5, 0.6) is 0 Å². The molecule has 1 saturated carbocycles. The van der Waals surface area contributed by atoms with E-state index >= 15 is 0 Å². The molecule has 0 atom stereocenters. The Hall–Kier alpha value is -1.72. The smallest absolute Gasteiger partial charge is 0.407 e. The standard InChI is InChI=1S/C11H18N4O2/c12-9-7-14-15(8-9)6-5-13-11(16)17-10-3-1-2-4-10/h7-8,10H,1-6,12H2,(H,13,16). The number of nitrogens with two attached hydrogens (primary N) is 1. The van der Waals surface area contributed by atoms with E-state index in [9.17, 15) is 4.79 Å². The van der Waals surface area contributed by atoms with Gasteiger partial charge in [-0.05, 0) is 25.7 Å². The zero-order chi connectivity index (χ0) is 12.1. The molecule has 0 spiro atoms. The first-order chi connectivity index (χ1) is 8.24. The molecule has 2 rings (SSSR count). The van der Waals surface area contributed by atoms with Gasteiger partial charge < -0.3 is 15.8 Å². The van der Waals surface area contributed by atoms with Gasteiger partial charge in [0.05, 0.1) is 18.4 Å². The van der Waals surface area contributed by atoms with Crippen molar-refractivity contribution in [3.05, 3.63) is 12.4 Å². The summed E-state index contributed by atoms with van der Waals surface area (Å²) in [7, 11) is 0. The Labute approximate surface area is 100 Å². The van der Waals surface area contributed by atoms with Crippen molar-refractivity contribution in [1.82, 2.24) is 15.1 Å². The molecule has 6 heteroatoms. The number of nitrogen functional groups attached to an aromatic ring is 1. The van der Waals surface area contributed by atoms with Crippen molar-refractivity contribution in [3.8, 4) is 0 Å². The quantitative estimate of drug-likeness (QED) is 0.824. The fourth-order valence-corrected chi connectivity index (χ4v) is 1.97. The second-order valence-electron chi connectivity index (χ2n) is 4.28. The molecule has 1 amide bonds. The Balaban J connectivity index is 1.62. The summed E-state index contributed by atoms with van der Waals surface area (Å²) in [4.78, 5) is 11.4. The third-order valence-electron chi connectivity index (χ3n) is 2.84. The van der Waals surface area contributed by atoms with E-state index in [2.05, 4.69) is 10.4 Å². The van der Waals surface area contributed by atoms with Crippen molar-refractivity contribution in [1.29, 1.82) is 0 Å². The number of alkyl carbamates (subject to hydrolysis) is 1. The number of rotatable bonds is 4. The molecule has 1 aromatic rings. The van der Waals surface area contributed by atoms with Crippen LogP contribution in [0.15, 0.2) is 12.4 Å². The van der Waals surface area contributed by atoms with E-state index in [1.807, 2.05) is 0 Å². The van der Waals surface area contributed by atoms with Crippen molar-refractivity contribution < 1.29 is 9.53 Å². The molecule has 0 aliphatic heterocycles. The van der Waals surface area contributed by atoms with Crippen molar-refractivity contribution in [2.24, 2.45) is 0 Å². The molecule has 6 nitrogen and oxygen atoms in total. The lowest BCUT2D eigenvalue weighted by Gasteiger charge is -2.12. The highest BCUT2D eigenvalue weighted by Gasteiger charge is 2.18. The summed E-state index contributed by atoms with van der Waals surface area (Å²) in [6, 6.07) is 0. The summed E-state index contributed by atoms with van der Waals surface area (Å²) < 4.78 is 6.94. The molecule has 17 heavy (non-hydrogen) atoms. The highest BCUT2D eigenvalue weighted by molar-refractivity contribution is 5.67. The van der Waals surface area contributed by atoms with E-state index in [0.29, 0.717) is 18.8 Å². The third-order valence-corrected chi connectivity index (χ3v) is 2.84. The van der Waals surface area contributed by atoms with Gasteiger partial charge >= 0.3 is 6.09 Å². The molecular weight excluding hydrogens is 220 g/mol. The van der Waals surface area contributed by atoms with Gasteiger partial charge in [-0.2, -0.15) is 5.10 Å². The molecule has 1 heterocycles. The predicted molar refractivity (Wildman–Crippen MR) is 63.4 cm³/mol. The minimum absolute atomic E-state index is 0.107. The van der Waals surface area contributed by atoms with Crippen LogP contribution in [0, 0.1) is 0 Å². The molecule has 3 N–H and O–H groups in total. The lowest BCUT2D eigenvalue weighted by Crippen LogP contribution is -2.30. The summed E-state index contributed by atoms with van der Waals surface area (Å²) in [5, 5.41) is 6.72. The molecular formula is C11H18N4O2. The van der Waals surface area contributed by atoms with Crippen molar-refractivity contribution >= 4 is 11.8 Å². The average molecular weight is 238 g/mol. The molecule has 1 fully saturated rings. The number of hydrogen-bond acceptors (Lipinski definition) is 4. The van der Waals surface area contributed by atoms with E-state index in [4.69, 9.17) is 10.5 Å². The van der Waals surface area contributed by atoms with E-state index in [1.165, 1.54) is 0 Å². The van der Waals surface area contributed by atoms with Crippen molar-refractivity contribution in [3.63, 3.8) is 0 Å². The Kier molecular flexibility index (Phi) is 3.85. The van der Waals surface area contributed by atoms with Crippen LogP contribution in [0.1, 0.15) is 25.7 Å². The maximum absolute atomic E-state index is 11.4. The number of anilines is 1. The normalized spacial score (nSPS) is 16.0. The number of carbonyl (C=O) groups is 1. The highest BCUT2D eigenvalue weighted by Crippen LogP contribution is 2.20. The minimum Gasteiger partial charge on any atom is -0.446 e. The van der Waals surface area contributed by atoms with Crippen LogP contribution in [0.25, 0.3) is 0 Å². The molecule has 1 aromatic heterocycles. The monoisotopic (exact) mass is 238 g/mol. The minimum atomic E-state index is -0.336. The maximum atomic E-state index is 11.4.